The highest BCUT2D eigenvalue weighted by Crippen LogP contribution is 2.37. The van der Waals surface area contributed by atoms with Crippen LogP contribution >= 0.6 is 0 Å². The number of aliphatic hydroxyl groups excluding tert-OH is 1. The maximum absolute atomic E-state index is 14.4. The van der Waals surface area contributed by atoms with Gasteiger partial charge in [0, 0.05) is 45.4 Å². The molecule has 41 heavy (non-hydrogen) atoms. The molecule has 0 saturated carbocycles. The molecule has 0 radical (unpaired) electrons. The number of nitrogens with zero attached hydrogens (tertiary/aromatic N) is 6. The largest absolute Gasteiger partial charge is 0.389 e. The Morgan fingerprint density at radius 3 is 2.54 bits per heavy atom. The summed E-state index contributed by atoms with van der Waals surface area (Å²) in [6.07, 6.45) is 2.91. The SMILES string of the molecule is CN1CCCCS(=O)(=O)NC(C)(c2ccc(F)cc2)C(=O)N2CCCCC2c2cc3nc(N4CC(O)C4)cc1n3n2. The van der Waals surface area contributed by atoms with Gasteiger partial charge in [0.15, 0.2) is 5.65 Å². The molecule has 2 unspecified atom stereocenters. The van der Waals surface area contributed by atoms with Crippen LogP contribution in [0.15, 0.2) is 36.4 Å². The fraction of sp³-hybridized carbons (Fsp3) is 0.536. The number of halogens is 1. The van der Waals surface area contributed by atoms with E-state index in [0.717, 1.165) is 24.5 Å². The Labute approximate surface area is 239 Å². The number of hydrogen-bond acceptors (Lipinski definition) is 8. The number of piperidine rings is 1. The maximum Gasteiger partial charge on any atom is 0.248 e. The second-order valence-electron chi connectivity index (χ2n) is 11.6. The molecule has 220 valence electrons. The quantitative estimate of drug-likeness (QED) is 0.469. The van der Waals surface area contributed by atoms with Crippen LogP contribution in [-0.2, 0) is 20.4 Å². The normalized spacial score (nSPS) is 26.0. The van der Waals surface area contributed by atoms with Crippen LogP contribution in [0.1, 0.15) is 56.3 Å². The van der Waals surface area contributed by atoms with Crippen LogP contribution in [0.2, 0.25) is 0 Å². The van der Waals surface area contributed by atoms with E-state index < -0.39 is 27.3 Å². The van der Waals surface area contributed by atoms with Crippen molar-refractivity contribution in [2.24, 2.45) is 0 Å². The number of fused-ring (bicyclic) bond motifs is 3. The summed E-state index contributed by atoms with van der Waals surface area (Å²) in [5.74, 6) is 0.528. The van der Waals surface area contributed by atoms with Gasteiger partial charge < -0.3 is 19.8 Å². The van der Waals surface area contributed by atoms with Crippen LogP contribution in [0, 0.1) is 5.82 Å². The van der Waals surface area contributed by atoms with Gasteiger partial charge in [-0.05, 0) is 56.7 Å². The number of amides is 1. The molecule has 13 heteroatoms. The second kappa shape index (κ2) is 10.5. The molecule has 0 spiro atoms. The molecule has 2 bridgehead atoms. The van der Waals surface area contributed by atoms with Crippen LogP contribution in [0.25, 0.3) is 5.65 Å². The van der Waals surface area contributed by atoms with Crippen LogP contribution in [0.4, 0.5) is 16.0 Å². The van der Waals surface area contributed by atoms with Crippen molar-refractivity contribution in [1.82, 2.24) is 24.2 Å². The fourth-order valence-corrected chi connectivity index (χ4v) is 7.61. The highest BCUT2D eigenvalue weighted by Gasteiger charge is 2.45. The Balaban J connectivity index is 1.47. The highest BCUT2D eigenvalue weighted by atomic mass is 32.2. The molecule has 3 aliphatic heterocycles. The standard InChI is InChI=1S/C28H36FN7O4S/c1-28(19-8-10-20(29)11-9-19)27(38)35-13-4-3-7-23(35)22-15-25-30-24(34-17-21(37)18-34)16-26(36(25)31-22)33(2)12-5-6-14-41(39,40)32-28/h8-11,15-16,21,23,32,37H,3-7,12-14,17-18H2,1-2H3. The van der Waals surface area contributed by atoms with Crippen molar-refractivity contribution < 1.29 is 22.7 Å². The van der Waals surface area contributed by atoms with Crippen molar-refractivity contribution in [3.63, 3.8) is 0 Å². The van der Waals surface area contributed by atoms with Crippen molar-refractivity contribution in [2.45, 2.75) is 56.7 Å². The second-order valence-corrected chi connectivity index (χ2v) is 13.4. The molecule has 1 amide bonds. The lowest BCUT2D eigenvalue weighted by Gasteiger charge is -2.41. The third kappa shape index (κ3) is 5.26. The lowest BCUT2D eigenvalue weighted by atomic mass is 9.89. The Kier molecular flexibility index (Phi) is 7.15. The van der Waals surface area contributed by atoms with Crippen molar-refractivity contribution in [2.75, 3.05) is 48.8 Å². The van der Waals surface area contributed by atoms with Crippen molar-refractivity contribution in [1.29, 1.82) is 0 Å². The Bertz CT molecular complexity index is 1560. The molecule has 6 rings (SSSR count). The van der Waals surface area contributed by atoms with E-state index in [9.17, 15) is 22.7 Å². The maximum atomic E-state index is 14.4. The fourth-order valence-electron chi connectivity index (χ4n) is 6.10. The number of hydrogen-bond donors (Lipinski definition) is 2. The van der Waals surface area contributed by atoms with Gasteiger partial charge in [-0.25, -0.2) is 17.8 Å². The van der Waals surface area contributed by atoms with Crippen LogP contribution in [0.5, 0.6) is 0 Å². The number of rotatable bonds is 2. The number of anilines is 2. The molecule has 11 nitrogen and oxygen atoms in total. The molecule has 2 aromatic heterocycles. The molecular weight excluding hydrogens is 549 g/mol. The molecule has 2 saturated heterocycles. The molecule has 2 N–H and O–H groups in total. The Morgan fingerprint density at radius 2 is 1.80 bits per heavy atom. The first kappa shape index (κ1) is 27.9. The van der Waals surface area contributed by atoms with Crippen molar-refractivity contribution in [3.05, 3.63) is 53.5 Å². The van der Waals surface area contributed by atoms with E-state index in [4.69, 9.17) is 10.1 Å². The number of carbonyl (C=O) groups is 1. The Morgan fingerprint density at radius 1 is 1.07 bits per heavy atom. The number of β-amino-alcohol motifs (C(OH)–C–C–N with tert-alkyl or cyclic N) is 1. The first-order chi connectivity index (χ1) is 19.5. The summed E-state index contributed by atoms with van der Waals surface area (Å²) in [6.45, 7) is 3.59. The average Bonchev–Trinajstić information content (AvgIpc) is 3.36. The van der Waals surface area contributed by atoms with Gasteiger partial charge in [0.2, 0.25) is 15.9 Å². The summed E-state index contributed by atoms with van der Waals surface area (Å²) in [7, 11) is -1.93. The minimum Gasteiger partial charge on any atom is -0.389 e. The van der Waals surface area contributed by atoms with E-state index in [-0.39, 0.29) is 17.9 Å². The van der Waals surface area contributed by atoms with Gasteiger partial charge in [-0.3, -0.25) is 4.79 Å². The molecule has 5 heterocycles. The number of benzene rings is 1. The summed E-state index contributed by atoms with van der Waals surface area (Å²) in [5, 5.41) is 14.8. The molecule has 1 aromatic carbocycles. The van der Waals surface area contributed by atoms with Gasteiger partial charge in [0.25, 0.3) is 0 Å². The number of aromatic nitrogens is 3. The summed E-state index contributed by atoms with van der Waals surface area (Å²) >= 11 is 0. The predicted octanol–water partition coefficient (Wildman–Crippen LogP) is 2.17. The van der Waals surface area contributed by atoms with Gasteiger partial charge in [-0.15, -0.1) is 0 Å². The van der Waals surface area contributed by atoms with Crippen LogP contribution in [0.3, 0.4) is 0 Å². The lowest BCUT2D eigenvalue weighted by molar-refractivity contribution is -0.141. The first-order valence-corrected chi connectivity index (χ1v) is 15.8. The van der Waals surface area contributed by atoms with Crippen LogP contribution in [-0.4, -0.2) is 84.0 Å². The van der Waals surface area contributed by atoms with Gasteiger partial charge >= 0.3 is 0 Å². The van der Waals surface area contributed by atoms with E-state index >= 15 is 0 Å². The molecule has 0 aliphatic carbocycles. The highest BCUT2D eigenvalue weighted by molar-refractivity contribution is 7.89. The van der Waals surface area contributed by atoms with Crippen molar-refractivity contribution >= 4 is 33.2 Å². The van der Waals surface area contributed by atoms with E-state index in [0.29, 0.717) is 62.3 Å². The van der Waals surface area contributed by atoms with Gasteiger partial charge in [-0.2, -0.15) is 14.3 Å². The zero-order chi connectivity index (χ0) is 28.9. The molecule has 2 fully saturated rings. The summed E-state index contributed by atoms with van der Waals surface area (Å²) < 4.78 is 45.1. The molecule has 3 aromatic rings. The minimum absolute atomic E-state index is 0.150. The van der Waals surface area contributed by atoms with E-state index in [1.807, 2.05) is 29.0 Å². The summed E-state index contributed by atoms with van der Waals surface area (Å²) in [5.41, 5.74) is 0.0712. The average molecular weight is 586 g/mol. The topological polar surface area (TPSA) is 123 Å². The van der Waals surface area contributed by atoms with Gasteiger partial charge in [0.1, 0.15) is 23.0 Å². The zero-order valence-corrected chi connectivity index (χ0v) is 24.1. The number of sulfonamides is 1. The summed E-state index contributed by atoms with van der Waals surface area (Å²) in [4.78, 5) is 25.0. The monoisotopic (exact) mass is 585 g/mol. The smallest absolute Gasteiger partial charge is 0.248 e. The summed E-state index contributed by atoms with van der Waals surface area (Å²) in [6, 6.07) is 8.87. The molecular formula is C28H36FN7O4S. The third-order valence-corrected chi connectivity index (χ3v) is 10.0. The molecule has 3 aliphatic rings. The van der Waals surface area contributed by atoms with Crippen LogP contribution < -0.4 is 14.5 Å². The van der Waals surface area contributed by atoms with E-state index in [2.05, 4.69) is 4.72 Å². The molecule has 2 atom stereocenters. The predicted molar refractivity (Wildman–Crippen MR) is 153 cm³/mol. The zero-order valence-electron chi connectivity index (χ0n) is 23.3. The number of aliphatic hydroxyl groups is 1. The van der Waals surface area contributed by atoms with E-state index in [1.54, 1.807) is 16.3 Å². The van der Waals surface area contributed by atoms with E-state index in [1.165, 1.54) is 24.3 Å². The lowest BCUT2D eigenvalue weighted by Crippen LogP contribution is -2.57. The number of nitrogens with one attached hydrogen (secondary N) is 1. The Hall–Kier alpha value is -3.29. The van der Waals surface area contributed by atoms with Crippen molar-refractivity contribution in [3.8, 4) is 0 Å². The van der Waals surface area contributed by atoms with Gasteiger partial charge in [0.05, 0.1) is 23.6 Å². The first-order valence-electron chi connectivity index (χ1n) is 14.2. The van der Waals surface area contributed by atoms with Gasteiger partial charge in [-0.1, -0.05) is 12.1 Å². The number of carbonyl (C=O) groups excluding carboxylic acids is 1. The third-order valence-electron chi connectivity index (χ3n) is 8.46. The minimum atomic E-state index is -3.87.